The molecular weight excluding hydrogens is 339 g/mol. The van der Waals surface area contributed by atoms with Gasteiger partial charge in [-0.15, -0.1) is 0 Å². The zero-order valence-corrected chi connectivity index (χ0v) is 14.2. The molecular formula is C19H19FN2O4. The van der Waals surface area contributed by atoms with Crippen molar-refractivity contribution >= 4 is 17.6 Å². The Kier molecular flexibility index (Phi) is 5.06. The standard InChI is InChI=1S/C19H19FN2O4/c1-26-16-7-6-13(10-14(16)20)18(19(24)25)21-17(23)11-22-9-8-12-4-2-3-5-15(12)22/h2-7,10,18H,8-9,11H2,1H3,(H,21,23)(H,24,25). The van der Waals surface area contributed by atoms with Crippen molar-refractivity contribution in [3.63, 3.8) is 0 Å². The Labute approximate surface area is 150 Å². The second-order valence-corrected chi connectivity index (χ2v) is 6.03. The van der Waals surface area contributed by atoms with Gasteiger partial charge in [0, 0.05) is 12.2 Å². The number of anilines is 1. The average Bonchev–Trinajstić information content (AvgIpc) is 3.02. The van der Waals surface area contributed by atoms with Crippen LogP contribution in [0.4, 0.5) is 10.1 Å². The molecule has 0 fully saturated rings. The predicted molar refractivity (Wildman–Crippen MR) is 93.8 cm³/mol. The van der Waals surface area contributed by atoms with E-state index in [9.17, 15) is 19.1 Å². The zero-order valence-electron chi connectivity index (χ0n) is 14.2. The largest absolute Gasteiger partial charge is 0.494 e. The van der Waals surface area contributed by atoms with Crippen molar-refractivity contribution < 1.29 is 23.8 Å². The Hall–Kier alpha value is -3.09. The van der Waals surface area contributed by atoms with Crippen molar-refractivity contribution in [1.29, 1.82) is 0 Å². The Morgan fingerprint density at radius 2 is 2.08 bits per heavy atom. The zero-order chi connectivity index (χ0) is 18.7. The second-order valence-electron chi connectivity index (χ2n) is 6.03. The van der Waals surface area contributed by atoms with E-state index in [1.54, 1.807) is 0 Å². The van der Waals surface area contributed by atoms with E-state index in [-0.39, 0.29) is 17.9 Å². The van der Waals surface area contributed by atoms with E-state index in [4.69, 9.17) is 4.74 Å². The summed E-state index contributed by atoms with van der Waals surface area (Å²) < 4.78 is 18.7. The molecule has 0 radical (unpaired) electrons. The van der Waals surface area contributed by atoms with Crippen LogP contribution in [0.5, 0.6) is 5.75 Å². The molecule has 2 aromatic carbocycles. The SMILES string of the molecule is COc1ccc(C(NC(=O)CN2CCc3ccccc32)C(=O)O)cc1F. The number of para-hydroxylation sites is 1. The topological polar surface area (TPSA) is 78.9 Å². The molecule has 6 nitrogen and oxygen atoms in total. The van der Waals surface area contributed by atoms with Gasteiger partial charge in [-0.05, 0) is 35.7 Å². The summed E-state index contributed by atoms with van der Waals surface area (Å²) in [6.45, 7) is 0.737. The summed E-state index contributed by atoms with van der Waals surface area (Å²) >= 11 is 0. The number of nitrogens with one attached hydrogen (secondary N) is 1. The van der Waals surface area contributed by atoms with Crippen molar-refractivity contribution in [2.24, 2.45) is 0 Å². The number of benzene rings is 2. The van der Waals surface area contributed by atoms with Crippen molar-refractivity contribution in [1.82, 2.24) is 5.32 Å². The lowest BCUT2D eigenvalue weighted by molar-refractivity contribution is -0.141. The van der Waals surface area contributed by atoms with Gasteiger partial charge >= 0.3 is 5.97 Å². The van der Waals surface area contributed by atoms with Gasteiger partial charge in [-0.2, -0.15) is 0 Å². The van der Waals surface area contributed by atoms with E-state index >= 15 is 0 Å². The third kappa shape index (κ3) is 3.61. The van der Waals surface area contributed by atoms with Crippen molar-refractivity contribution in [2.75, 3.05) is 25.1 Å². The van der Waals surface area contributed by atoms with Crippen molar-refractivity contribution in [2.45, 2.75) is 12.5 Å². The van der Waals surface area contributed by atoms with Crippen LogP contribution < -0.4 is 15.0 Å². The van der Waals surface area contributed by atoms with Crippen LogP contribution in [0.1, 0.15) is 17.2 Å². The lowest BCUT2D eigenvalue weighted by Gasteiger charge is -2.21. The maximum absolute atomic E-state index is 13.9. The monoisotopic (exact) mass is 358 g/mol. The Balaban J connectivity index is 1.72. The molecule has 1 heterocycles. The quantitative estimate of drug-likeness (QED) is 0.827. The van der Waals surface area contributed by atoms with Gasteiger partial charge in [-0.1, -0.05) is 24.3 Å². The van der Waals surface area contributed by atoms with Gasteiger partial charge < -0.3 is 20.1 Å². The van der Waals surface area contributed by atoms with Crippen LogP contribution >= 0.6 is 0 Å². The van der Waals surface area contributed by atoms with E-state index < -0.39 is 23.7 Å². The first-order valence-electron chi connectivity index (χ1n) is 8.18. The minimum absolute atomic E-state index is 0.0119. The van der Waals surface area contributed by atoms with Gasteiger partial charge in [-0.3, -0.25) is 4.79 Å². The summed E-state index contributed by atoms with van der Waals surface area (Å²) in [5.74, 6) is -2.37. The van der Waals surface area contributed by atoms with Crippen LogP contribution in [0.25, 0.3) is 0 Å². The number of amides is 1. The highest BCUT2D eigenvalue weighted by molar-refractivity contribution is 5.87. The maximum Gasteiger partial charge on any atom is 0.330 e. The Morgan fingerprint density at radius 1 is 1.31 bits per heavy atom. The highest BCUT2D eigenvalue weighted by Gasteiger charge is 2.26. The molecule has 2 aromatic rings. The number of rotatable bonds is 6. The van der Waals surface area contributed by atoms with Gasteiger partial charge in [0.25, 0.3) is 0 Å². The van der Waals surface area contributed by atoms with Gasteiger partial charge in [0.05, 0.1) is 13.7 Å². The first-order chi connectivity index (χ1) is 12.5. The van der Waals surface area contributed by atoms with Crippen LogP contribution in [0.15, 0.2) is 42.5 Å². The number of ether oxygens (including phenoxy) is 1. The normalized spacial score (nSPS) is 13.8. The molecule has 1 unspecified atom stereocenters. The number of hydrogen-bond donors (Lipinski definition) is 2. The number of methoxy groups -OCH3 is 1. The van der Waals surface area contributed by atoms with E-state index in [0.29, 0.717) is 6.54 Å². The number of halogens is 1. The third-order valence-electron chi connectivity index (χ3n) is 4.38. The molecule has 0 spiro atoms. The van der Waals surface area contributed by atoms with Gasteiger partial charge in [0.15, 0.2) is 17.6 Å². The molecule has 0 aromatic heterocycles. The van der Waals surface area contributed by atoms with E-state index in [0.717, 1.165) is 23.7 Å². The molecule has 2 N–H and O–H groups in total. The average molecular weight is 358 g/mol. The third-order valence-corrected chi connectivity index (χ3v) is 4.38. The first-order valence-corrected chi connectivity index (χ1v) is 8.18. The predicted octanol–water partition coefficient (Wildman–Crippen LogP) is 2.14. The van der Waals surface area contributed by atoms with Gasteiger partial charge in [-0.25, -0.2) is 9.18 Å². The first kappa shape index (κ1) is 17.7. The molecule has 1 aliphatic heterocycles. The molecule has 0 bridgehead atoms. The molecule has 26 heavy (non-hydrogen) atoms. The molecule has 0 saturated heterocycles. The summed E-state index contributed by atoms with van der Waals surface area (Å²) in [5, 5.41) is 11.9. The highest BCUT2D eigenvalue weighted by Crippen LogP contribution is 2.27. The number of carbonyl (C=O) groups is 2. The van der Waals surface area contributed by atoms with Crippen molar-refractivity contribution in [3.05, 3.63) is 59.4 Å². The van der Waals surface area contributed by atoms with Gasteiger partial charge in [0.1, 0.15) is 0 Å². The fraction of sp³-hybridized carbons (Fsp3) is 0.263. The Bertz CT molecular complexity index is 840. The minimum atomic E-state index is -1.33. The van der Waals surface area contributed by atoms with Crippen LogP contribution in [0, 0.1) is 5.82 Å². The summed E-state index contributed by atoms with van der Waals surface area (Å²) in [7, 11) is 1.32. The van der Waals surface area contributed by atoms with Gasteiger partial charge in [0.2, 0.25) is 5.91 Å². The number of nitrogens with zero attached hydrogens (tertiary/aromatic N) is 1. The molecule has 1 amide bonds. The van der Waals surface area contributed by atoms with E-state index in [1.165, 1.54) is 19.2 Å². The number of hydrogen-bond acceptors (Lipinski definition) is 4. The van der Waals surface area contributed by atoms with Crippen LogP contribution in [0.2, 0.25) is 0 Å². The smallest absolute Gasteiger partial charge is 0.330 e. The summed E-state index contributed by atoms with van der Waals surface area (Å²) in [4.78, 5) is 25.8. The number of carboxylic acids is 1. The number of carbonyl (C=O) groups excluding carboxylic acids is 1. The van der Waals surface area contributed by atoms with Crippen LogP contribution in [-0.2, 0) is 16.0 Å². The minimum Gasteiger partial charge on any atom is -0.494 e. The van der Waals surface area contributed by atoms with E-state index in [1.807, 2.05) is 29.2 Å². The Morgan fingerprint density at radius 3 is 2.77 bits per heavy atom. The number of fused-ring (bicyclic) bond motifs is 1. The molecule has 7 heteroatoms. The molecule has 1 atom stereocenters. The lowest BCUT2D eigenvalue weighted by atomic mass is 10.1. The van der Waals surface area contributed by atoms with Crippen LogP contribution in [-0.4, -0.2) is 37.2 Å². The highest BCUT2D eigenvalue weighted by atomic mass is 19.1. The molecule has 0 aliphatic carbocycles. The molecule has 0 saturated carbocycles. The molecule has 1 aliphatic rings. The molecule has 136 valence electrons. The summed E-state index contributed by atoms with van der Waals surface area (Å²) in [6.07, 6.45) is 0.843. The van der Waals surface area contributed by atoms with Crippen LogP contribution in [0.3, 0.4) is 0 Å². The summed E-state index contributed by atoms with van der Waals surface area (Å²) in [6, 6.07) is 10.3. The molecule has 3 rings (SSSR count). The number of carboxylic acid groups (broad SMARTS) is 1. The maximum atomic E-state index is 13.9. The fourth-order valence-electron chi connectivity index (χ4n) is 3.10. The fourth-order valence-corrected chi connectivity index (χ4v) is 3.10. The second kappa shape index (κ2) is 7.43. The van der Waals surface area contributed by atoms with Crippen molar-refractivity contribution in [3.8, 4) is 5.75 Å². The lowest BCUT2D eigenvalue weighted by Crippen LogP contribution is -2.40. The summed E-state index contributed by atoms with van der Waals surface area (Å²) in [5.41, 5.74) is 2.28. The van der Waals surface area contributed by atoms with E-state index in [2.05, 4.69) is 5.32 Å². The number of aliphatic carboxylic acids is 1.